The number of rotatable bonds is 6. The van der Waals surface area contributed by atoms with Crippen molar-refractivity contribution >= 4 is 34.5 Å². The summed E-state index contributed by atoms with van der Waals surface area (Å²) in [5.41, 5.74) is 2.12. The smallest absolute Gasteiger partial charge is 0.331 e. The van der Waals surface area contributed by atoms with Crippen molar-refractivity contribution in [3.05, 3.63) is 78.5 Å². The molecule has 6 nitrogen and oxygen atoms in total. The molecule has 0 aliphatic heterocycles. The second-order valence-corrected chi connectivity index (χ2v) is 5.84. The number of aromatic nitrogens is 1. The van der Waals surface area contributed by atoms with Gasteiger partial charge < -0.3 is 4.74 Å². The fourth-order valence-corrected chi connectivity index (χ4v) is 2.68. The van der Waals surface area contributed by atoms with Gasteiger partial charge in [-0.2, -0.15) is 5.26 Å². The fourth-order valence-electron chi connectivity index (χ4n) is 2.68. The van der Waals surface area contributed by atoms with Gasteiger partial charge in [-0.1, -0.05) is 42.5 Å². The molecular weight excluding hydrogens is 354 g/mol. The summed E-state index contributed by atoms with van der Waals surface area (Å²) in [7, 11) is 0. The van der Waals surface area contributed by atoms with Gasteiger partial charge in [-0.05, 0) is 24.3 Å². The van der Waals surface area contributed by atoms with Crippen LogP contribution >= 0.6 is 0 Å². The van der Waals surface area contributed by atoms with Crippen molar-refractivity contribution in [1.82, 2.24) is 4.98 Å². The molecule has 0 aliphatic rings. The number of esters is 1. The first kappa shape index (κ1) is 18.8. The van der Waals surface area contributed by atoms with E-state index in [-0.39, 0.29) is 6.54 Å². The molecule has 0 fully saturated rings. The number of amides is 1. The number of nitrogens with zero attached hydrogens (tertiary/aromatic N) is 3. The molecule has 6 heteroatoms. The van der Waals surface area contributed by atoms with Gasteiger partial charge in [0.15, 0.2) is 6.61 Å². The molecule has 2 aromatic carbocycles. The van der Waals surface area contributed by atoms with Gasteiger partial charge in [0.05, 0.1) is 11.6 Å². The summed E-state index contributed by atoms with van der Waals surface area (Å²) >= 11 is 0. The lowest BCUT2D eigenvalue weighted by atomic mass is 10.1. The van der Waals surface area contributed by atoms with Crippen LogP contribution in [0.5, 0.6) is 0 Å². The highest BCUT2D eigenvalue weighted by Crippen LogP contribution is 2.17. The number of hydrogen-bond donors (Lipinski definition) is 0. The number of fused-ring (bicyclic) bond motifs is 1. The molecular formula is C22H17N3O3. The minimum absolute atomic E-state index is 0.127. The van der Waals surface area contributed by atoms with Crippen molar-refractivity contribution in [2.45, 2.75) is 0 Å². The minimum atomic E-state index is -0.647. The van der Waals surface area contributed by atoms with Crippen LogP contribution in [0.2, 0.25) is 0 Å². The number of anilines is 1. The molecule has 1 aromatic heterocycles. The van der Waals surface area contributed by atoms with Crippen LogP contribution in [0.15, 0.2) is 72.9 Å². The predicted molar refractivity (Wildman–Crippen MR) is 106 cm³/mol. The second-order valence-electron chi connectivity index (χ2n) is 5.84. The maximum Gasteiger partial charge on any atom is 0.331 e. The zero-order valence-corrected chi connectivity index (χ0v) is 15.0. The Morgan fingerprint density at radius 1 is 1.07 bits per heavy atom. The maximum atomic E-state index is 12.4. The Bertz CT molecular complexity index is 1050. The molecule has 3 aromatic rings. The molecule has 0 unspecified atom stereocenters. The summed E-state index contributed by atoms with van der Waals surface area (Å²) in [5.74, 6) is -1.12. The van der Waals surface area contributed by atoms with Crippen LogP contribution < -0.4 is 4.90 Å². The normalized spacial score (nSPS) is 10.5. The summed E-state index contributed by atoms with van der Waals surface area (Å²) < 4.78 is 5.04. The summed E-state index contributed by atoms with van der Waals surface area (Å²) in [6.07, 6.45) is 4.55. The molecule has 0 spiro atoms. The summed E-state index contributed by atoms with van der Waals surface area (Å²) in [6, 6.07) is 20.1. The van der Waals surface area contributed by atoms with E-state index in [0.717, 1.165) is 16.5 Å². The van der Waals surface area contributed by atoms with E-state index in [2.05, 4.69) is 4.98 Å². The predicted octanol–water partition coefficient (Wildman–Crippen LogP) is 3.35. The number of carbonyl (C=O) groups excluding carboxylic acids is 2. The van der Waals surface area contributed by atoms with E-state index in [0.29, 0.717) is 5.69 Å². The highest BCUT2D eigenvalue weighted by atomic mass is 16.5. The van der Waals surface area contributed by atoms with Crippen LogP contribution in [0.1, 0.15) is 5.56 Å². The van der Waals surface area contributed by atoms with Crippen molar-refractivity contribution in [1.29, 1.82) is 5.26 Å². The van der Waals surface area contributed by atoms with Crippen LogP contribution in [-0.4, -0.2) is 30.0 Å². The molecule has 0 atom stereocenters. The fraction of sp³-hybridized carbons (Fsp3) is 0.0909. The van der Waals surface area contributed by atoms with Crippen molar-refractivity contribution in [2.75, 3.05) is 18.1 Å². The minimum Gasteiger partial charge on any atom is -0.452 e. The zero-order chi connectivity index (χ0) is 19.8. The molecule has 1 amide bonds. The standard InChI is InChI=1S/C22H17N3O3/c23-13-15-25(19-9-2-1-3-10-19)20(26)16-28-21(27)12-11-18-7-4-6-17-8-5-14-24-22(17)18/h1-12,14H,15-16H2/b12-11+. The Hall–Kier alpha value is -3.98. The lowest BCUT2D eigenvalue weighted by molar-refractivity contribution is -0.142. The van der Waals surface area contributed by atoms with Gasteiger partial charge in [-0.15, -0.1) is 0 Å². The number of hydrogen-bond acceptors (Lipinski definition) is 5. The molecule has 0 saturated heterocycles. The third-order valence-corrected chi connectivity index (χ3v) is 4.00. The molecule has 0 aliphatic carbocycles. The SMILES string of the molecule is N#CCN(C(=O)COC(=O)/C=C/c1cccc2cccnc12)c1ccccc1. The molecule has 138 valence electrons. The van der Waals surface area contributed by atoms with E-state index in [1.165, 1.54) is 11.0 Å². The average Bonchev–Trinajstić information content (AvgIpc) is 2.75. The van der Waals surface area contributed by atoms with E-state index < -0.39 is 18.5 Å². The summed E-state index contributed by atoms with van der Waals surface area (Å²) in [4.78, 5) is 29.9. The van der Waals surface area contributed by atoms with Crippen LogP contribution in [0.25, 0.3) is 17.0 Å². The van der Waals surface area contributed by atoms with Gasteiger partial charge in [0, 0.05) is 28.9 Å². The van der Waals surface area contributed by atoms with Crippen LogP contribution in [-0.2, 0) is 14.3 Å². The number of para-hydroxylation sites is 2. The first-order chi connectivity index (χ1) is 13.7. The monoisotopic (exact) mass is 371 g/mol. The lowest BCUT2D eigenvalue weighted by Gasteiger charge is -2.19. The van der Waals surface area contributed by atoms with E-state index in [1.807, 2.05) is 42.5 Å². The quantitative estimate of drug-likeness (QED) is 0.377. The molecule has 3 rings (SSSR count). The third kappa shape index (κ3) is 4.59. The van der Waals surface area contributed by atoms with Crippen molar-refractivity contribution < 1.29 is 14.3 Å². The lowest BCUT2D eigenvalue weighted by Crippen LogP contribution is -2.34. The third-order valence-electron chi connectivity index (χ3n) is 4.00. The van der Waals surface area contributed by atoms with E-state index in [1.54, 1.807) is 36.5 Å². The highest BCUT2D eigenvalue weighted by Gasteiger charge is 2.16. The van der Waals surface area contributed by atoms with Crippen LogP contribution in [0.4, 0.5) is 5.69 Å². The largest absolute Gasteiger partial charge is 0.452 e. The van der Waals surface area contributed by atoms with E-state index in [4.69, 9.17) is 10.00 Å². The molecule has 28 heavy (non-hydrogen) atoms. The molecule has 0 N–H and O–H groups in total. The van der Waals surface area contributed by atoms with Gasteiger partial charge >= 0.3 is 5.97 Å². The first-order valence-electron chi connectivity index (χ1n) is 8.60. The number of benzene rings is 2. The van der Waals surface area contributed by atoms with Crippen LogP contribution in [0, 0.1) is 11.3 Å². The van der Waals surface area contributed by atoms with E-state index >= 15 is 0 Å². The highest BCUT2D eigenvalue weighted by molar-refractivity contribution is 5.97. The van der Waals surface area contributed by atoms with Crippen molar-refractivity contribution in [3.8, 4) is 6.07 Å². The number of pyridine rings is 1. The number of ether oxygens (including phenoxy) is 1. The molecule has 1 heterocycles. The van der Waals surface area contributed by atoms with Gasteiger partial charge in [-0.25, -0.2) is 4.79 Å². The average molecular weight is 371 g/mol. The van der Waals surface area contributed by atoms with Crippen molar-refractivity contribution in [2.24, 2.45) is 0 Å². The Balaban J connectivity index is 1.64. The number of carbonyl (C=O) groups is 2. The Kier molecular flexibility index (Phi) is 6.11. The van der Waals surface area contributed by atoms with Gasteiger partial charge in [0.1, 0.15) is 6.54 Å². The topological polar surface area (TPSA) is 83.3 Å². The Morgan fingerprint density at radius 3 is 2.64 bits per heavy atom. The molecule has 0 bridgehead atoms. The Labute approximate surface area is 162 Å². The zero-order valence-electron chi connectivity index (χ0n) is 15.0. The van der Waals surface area contributed by atoms with Crippen LogP contribution in [0.3, 0.4) is 0 Å². The second kappa shape index (κ2) is 9.10. The Morgan fingerprint density at radius 2 is 1.86 bits per heavy atom. The summed E-state index contributed by atoms with van der Waals surface area (Å²) in [5, 5.41) is 9.91. The van der Waals surface area contributed by atoms with E-state index in [9.17, 15) is 9.59 Å². The first-order valence-corrected chi connectivity index (χ1v) is 8.60. The van der Waals surface area contributed by atoms with Gasteiger partial charge in [0.2, 0.25) is 0 Å². The molecule has 0 radical (unpaired) electrons. The summed E-state index contributed by atoms with van der Waals surface area (Å²) in [6.45, 7) is -0.578. The van der Waals surface area contributed by atoms with Crippen molar-refractivity contribution in [3.63, 3.8) is 0 Å². The number of nitriles is 1. The molecule has 0 saturated carbocycles. The van der Waals surface area contributed by atoms with Gasteiger partial charge in [-0.3, -0.25) is 14.7 Å². The maximum absolute atomic E-state index is 12.4. The van der Waals surface area contributed by atoms with Gasteiger partial charge in [0.25, 0.3) is 5.91 Å².